The molecular formula is C27H34N4O4. The minimum Gasteiger partial charge on any atom is -0.376 e. The van der Waals surface area contributed by atoms with Crippen LogP contribution >= 0.6 is 0 Å². The van der Waals surface area contributed by atoms with Gasteiger partial charge in [0.25, 0.3) is 11.8 Å². The predicted molar refractivity (Wildman–Crippen MR) is 136 cm³/mol. The van der Waals surface area contributed by atoms with Gasteiger partial charge in [-0.25, -0.2) is 0 Å². The Hall–Kier alpha value is -3.39. The van der Waals surface area contributed by atoms with E-state index in [9.17, 15) is 14.4 Å². The van der Waals surface area contributed by atoms with Crippen LogP contribution in [0.15, 0.2) is 48.5 Å². The zero-order chi connectivity index (χ0) is 24.6. The molecule has 8 heteroatoms. The Kier molecular flexibility index (Phi) is 8.36. The van der Waals surface area contributed by atoms with E-state index >= 15 is 0 Å². The van der Waals surface area contributed by atoms with Crippen molar-refractivity contribution in [3.8, 4) is 0 Å². The van der Waals surface area contributed by atoms with Crippen LogP contribution in [0.3, 0.4) is 0 Å². The standard InChI is InChI=1S/C27H34N4O4/c1-19-12-14-31(15-13-19)27(34)21-6-8-22(9-7-21)28-18-25(32)30-23-10-4-20(5-11-23)26(33)29-17-24-3-2-16-35-24/h4-11,19,24,28H,2-3,12-18H2,1H3,(H,29,33)(H,30,32). The first-order chi connectivity index (χ1) is 17.0. The molecule has 1 unspecified atom stereocenters. The fourth-order valence-electron chi connectivity index (χ4n) is 4.33. The summed E-state index contributed by atoms with van der Waals surface area (Å²) in [6.45, 7) is 5.19. The Bertz CT molecular complexity index is 1010. The van der Waals surface area contributed by atoms with Crippen molar-refractivity contribution >= 4 is 29.1 Å². The van der Waals surface area contributed by atoms with E-state index in [2.05, 4.69) is 22.9 Å². The average molecular weight is 479 g/mol. The van der Waals surface area contributed by atoms with E-state index in [4.69, 9.17) is 4.74 Å². The Labute approximate surface area is 206 Å². The highest BCUT2D eigenvalue weighted by Crippen LogP contribution is 2.19. The number of amides is 3. The fourth-order valence-corrected chi connectivity index (χ4v) is 4.33. The van der Waals surface area contributed by atoms with E-state index < -0.39 is 0 Å². The quantitative estimate of drug-likeness (QED) is 0.539. The van der Waals surface area contributed by atoms with Crippen molar-refractivity contribution < 1.29 is 19.1 Å². The van der Waals surface area contributed by atoms with Gasteiger partial charge in [0.2, 0.25) is 5.91 Å². The van der Waals surface area contributed by atoms with Crippen LogP contribution in [0, 0.1) is 5.92 Å². The number of benzene rings is 2. The number of rotatable bonds is 8. The molecule has 0 bridgehead atoms. The van der Waals surface area contributed by atoms with Crippen LogP contribution in [0.5, 0.6) is 0 Å². The molecule has 186 valence electrons. The molecule has 3 N–H and O–H groups in total. The number of anilines is 2. The van der Waals surface area contributed by atoms with Crippen molar-refractivity contribution in [2.24, 2.45) is 5.92 Å². The van der Waals surface area contributed by atoms with Gasteiger partial charge in [-0.05, 0) is 80.1 Å². The third-order valence-electron chi connectivity index (χ3n) is 6.60. The smallest absolute Gasteiger partial charge is 0.253 e. The van der Waals surface area contributed by atoms with Crippen LogP contribution in [0.2, 0.25) is 0 Å². The molecule has 0 radical (unpaired) electrons. The number of nitrogens with zero attached hydrogens (tertiary/aromatic N) is 1. The van der Waals surface area contributed by atoms with E-state index in [1.54, 1.807) is 36.4 Å². The predicted octanol–water partition coefficient (Wildman–Crippen LogP) is 3.52. The molecule has 2 aliphatic rings. The van der Waals surface area contributed by atoms with Crippen LogP contribution in [0.4, 0.5) is 11.4 Å². The van der Waals surface area contributed by atoms with Gasteiger partial charge in [0.05, 0.1) is 12.6 Å². The summed E-state index contributed by atoms with van der Waals surface area (Å²) in [7, 11) is 0. The zero-order valence-electron chi connectivity index (χ0n) is 20.2. The minimum atomic E-state index is -0.205. The molecule has 1 atom stereocenters. The average Bonchev–Trinajstić information content (AvgIpc) is 3.41. The van der Waals surface area contributed by atoms with Crippen molar-refractivity contribution in [1.82, 2.24) is 10.2 Å². The molecule has 0 aromatic heterocycles. The first-order valence-electron chi connectivity index (χ1n) is 12.4. The summed E-state index contributed by atoms with van der Waals surface area (Å²) in [5.41, 5.74) is 2.58. The van der Waals surface area contributed by atoms with Crippen LogP contribution in [-0.4, -0.2) is 61.5 Å². The zero-order valence-corrected chi connectivity index (χ0v) is 20.2. The molecule has 2 fully saturated rings. The minimum absolute atomic E-state index is 0.0604. The number of carbonyl (C=O) groups is 3. The van der Waals surface area contributed by atoms with Gasteiger partial charge in [-0.1, -0.05) is 6.92 Å². The molecule has 2 aromatic carbocycles. The number of nitrogens with one attached hydrogen (secondary N) is 3. The molecule has 2 heterocycles. The van der Waals surface area contributed by atoms with E-state index in [1.807, 2.05) is 17.0 Å². The lowest BCUT2D eigenvalue weighted by Crippen LogP contribution is -2.37. The summed E-state index contributed by atoms with van der Waals surface area (Å²) in [5, 5.41) is 8.78. The third-order valence-corrected chi connectivity index (χ3v) is 6.60. The summed E-state index contributed by atoms with van der Waals surface area (Å²) < 4.78 is 5.52. The van der Waals surface area contributed by atoms with Crippen LogP contribution < -0.4 is 16.0 Å². The molecule has 2 saturated heterocycles. The van der Waals surface area contributed by atoms with Gasteiger partial charge in [0, 0.05) is 48.7 Å². The van der Waals surface area contributed by atoms with Crippen molar-refractivity contribution in [2.45, 2.75) is 38.7 Å². The lowest BCUT2D eigenvalue weighted by molar-refractivity contribution is -0.114. The first-order valence-corrected chi connectivity index (χ1v) is 12.4. The summed E-state index contributed by atoms with van der Waals surface area (Å²) >= 11 is 0. The third kappa shape index (κ3) is 7.05. The molecule has 0 spiro atoms. The Morgan fingerprint density at radius 1 is 0.914 bits per heavy atom. The second-order valence-electron chi connectivity index (χ2n) is 9.38. The molecule has 2 aromatic rings. The highest BCUT2D eigenvalue weighted by Gasteiger charge is 2.21. The van der Waals surface area contributed by atoms with Gasteiger partial charge in [-0.2, -0.15) is 0 Å². The highest BCUT2D eigenvalue weighted by atomic mass is 16.5. The maximum atomic E-state index is 12.7. The summed E-state index contributed by atoms with van der Waals surface area (Å²) in [6.07, 6.45) is 4.20. The maximum Gasteiger partial charge on any atom is 0.253 e. The molecule has 2 aliphatic heterocycles. The molecular weight excluding hydrogens is 444 g/mol. The lowest BCUT2D eigenvalue weighted by atomic mass is 9.98. The SMILES string of the molecule is CC1CCN(C(=O)c2ccc(NCC(=O)Nc3ccc(C(=O)NCC4CCCO4)cc3)cc2)CC1. The van der Waals surface area contributed by atoms with Crippen LogP contribution in [-0.2, 0) is 9.53 Å². The molecule has 0 saturated carbocycles. The number of piperidine rings is 1. The van der Waals surface area contributed by atoms with E-state index in [-0.39, 0.29) is 30.4 Å². The number of hydrogen-bond acceptors (Lipinski definition) is 5. The van der Waals surface area contributed by atoms with Crippen molar-refractivity contribution in [3.63, 3.8) is 0 Å². The Morgan fingerprint density at radius 3 is 2.23 bits per heavy atom. The number of ether oxygens (including phenoxy) is 1. The second-order valence-corrected chi connectivity index (χ2v) is 9.38. The van der Waals surface area contributed by atoms with Gasteiger partial charge < -0.3 is 25.6 Å². The number of likely N-dealkylation sites (tertiary alicyclic amines) is 1. The lowest BCUT2D eigenvalue weighted by Gasteiger charge is -2.30. The first kappa shape index (κ1) is 24.7. The van der Waals surface area contributed by atoms with E-state index in [0.29, 0.717) is 29.3 Å². The van der Waals surface area contributed by atoms with Gasteiger partial charge >= 0.3 is 0 Å². The van der Waals surface area contributed by atoms with Gasteiger partial charge in [0.15, 0.2) is 0 Å². The highest BCUT2D eigenvalue weighted by molar-refractivity contribution is 5.97. The molecule has 8 nitrogen and oxygen atoms in total. The number of hydrogen-bond donors (Lipinski definition) is 3. The topological polar surface area (TPSA) is 99.8 Å². The summed E-state index contributed by atoms with van der Waals surface area (Å²) in [5.74, 6) is 0.376. The fraction of sp³-hybridized carbons (Fsp3) is 0.444. The Morgan fingerprint density at radius 2 is 1.57 bits per heavy atom. The molecule has 4 rings (SSSR count). The van der Waals surface area contributed by atoms with Crippen molar-refractivity contribution in [1.29, 1.82) is 0 Å². The van der Waals surface area contributed by atoms with Gasteiger partial charge in [-0.15, -0.1) is 0 Å². The maximum absolute atomic E-state index is 12.7. The Balaban J connectivity index is 1.20. The summed E-state index contributed by atoms with van der Waals surface area (Å²) in [6, 6.07) is 14.0. The van der Waals surface area contributed by atoms with E-state index in [0.717, 1.165) is 51.1 Å². The normalized spacial score (nSPS) is 18.2. The molecule has 3 amide bonds. The number of carbonyl (C=O) groups excluding carboxylic acids is 3. The van der Waals surface area contributed by atoms with Crippen LogP contribution in [0.1, 0.15) is 53.3 Å². The van der Waals surface area contributed by atoms with Crippen LogP contribution in [0.25, 0.3) is 0 Å². The molecule has 35 heavy (non-hydrogen) atoms. The second kappa shape index (κ2) is 11.8. The van der Waals surface area contributed by atoms with Crippen molar-refractivity contribution in [2.75, 3.05) is 43.4 Å². The van der Waals surface area contributed by atoms with Gasteiger partial charge in [0.1, 0.15) is 0 Å². The monoisotopic (exact) mass is 478 g/mol. The largest absolute Gasteiger partial charge is 0.376 e. The van der Waals surface area contributed by atoms with E-state index in [1.165, 1.54) is 0 Å². The van der Waals surface area contributed by atoms with Gasteiger partial charge in [-0.3, -0.25) is 14.4 Å². The van der Waals surface area contributed by atoms with Crippen molar-refractivity contribution in [3.05, 3.63) is 59.7 Å². The molecule has 0 aliphatic carbocycles. The summed E-state index contributed by atoms with van der Waals surface area (Å²) in [4.78, 5) is 39.2.